The third-order valence-corrected chi connectivity index (χ3v) is 3.39. The van der Waals surface area contributed by atoms with Crippen LogP contribution < -0.4 is 4.74 Å². The molecule has 0 saturated carbocycles. The lowest BCUT2D eigenvalue weighted by molar-refractivity contribution is 0.134. The summed E-state index contributed by atoms with van der Waals surface area (Å²) in [6.45, 7) is 15.4. The average Bonchev–Trinajstić information content (AvgIpc) is 2.39. The Morgan fingerprint density at radius 2 is 2.00 bits per heavy atom. The van der Waals surface area contributed by atoms with Crippen LogP contribution in [0.3, 0.4) is 0 Å². The minimum atomic E-state index is -0.116. The lowest BCUT2D eigenvalue weighted by Crippen LogP contribution is -2.20. The van der Waals surface area contributed by atoms with E-state index >= 15 is 0 Å². The average molecular weight is 274 g/mol. The molecule has 2 heteroatoms. The Hall–Kier alpha value is -1.66. The zero-order valence-corrected chi connectivity index (χ0v) is 13.4. The fourth-order valence-electron chi connectivity index (χ4n) is 2.02. The minimum absolute atomic E-state index is 0.116. The predicted octanol–water partition coefficient (Wildman–Crippen LogP) is 4.80. The van der Waals surface area contributed by atoms with Crippen molar-refractivity contribution in [3.8, 4) is 5.75 Å². The van der Waals surface area contributed by atoms with Crippen LogP contribution >= 0.6 is 0 Å². The molecule has 0 spiro atoms. The molecule has 1 aromatic rings. The molecule has 1 rings (SSSR count). The molecule has 1 aromatic carbocycles. The Morgan fingerprint density at radius 1 is 1.30 bits per heavy atom. The van der Waals surface area contributed by atoms with Gasteiger partial charge in [-0.3, -0.25) is 0 Å². The number of hydrogen-bond donors (Lipinski definition) is 0. The van der Waals surface area contributed by atoms with Gasteiger partial charge >= 0.3 is 0 Å². The van der Waals surface area contributed by atoms with Crippen molar-refractivity contribution in [1.82, 2.24) is 0 Å². The lowest BCUT2D eigenvalue weighted by Gasteiger charge is -2.26. The van der Waals surface area contributed by atoms with Gasteiger partial charge in [-0.2, -0.15) is 0 Å². The van der Waals surface area contributed by atoms with Crippen molar-refractivity contribution in [2.45, 2.75) is 41.0 Å². The maximum atomic E-state index is 5.91. The molecule has 0 N–H and O–H groups in total. The van der Waals surface area contributed by atoms with Gasteiger partial charge in [0.15, 0.2) is 0 Å². The molecule has 0 radical (unpaired) electrons. The maximum absolute atomic E-state index is 5.91. The van der Waals surface area contributed by atoms with Crippen LogP contribution in [0.2, 0.25) is 0 Å². The van der Waals surface area contributed by atoms with Crippen LogP contribution in [-0.4, -0.2) is 13.2 Å². The molecule has 0 saturated heterocycles. The smallest absolute Gasteiger partial charge is 0.143 e. The van der Waals surface area contributed by atoms with E-state index in [4.69, 9.17) is 9.47 Å². The van der Waals surface area contributed by atoms with Crippen molar-refractivity contribution in [1.29, 1.82) is 0 Å². The second kappa shape index (κ2) is 7.21. The van der Waals surface area contributed by atoms with Crippen LogP contribution in [-0.2, 0) is 4.74 Å². The topological polar surface area (TPSA) is 18.5 Å². The molecule has 0 aliphatic carbocycles. The first-order chi connectivity index (χ1) is 9.40. The van der Waals surface area contributed by atoms with E-state index in [-0.39, 0.29) is 5.41 Å². The number of aryl methyl sites for hydroxylation is 2. The van der Waals surface area contributed by atoms with E-state index in [9.17, 15) is 0 Å². The molecule has 0 amide bonds. The molecule has 0 fully saturated rings. The van der Waals surface area contributed by atoms with E-state index in [0.29, 0.717) is 13.2 Å². The standard InChI is InChI=1S/C18H26O2/c1-7-17(19-8-2)18(5,6)11-12-20-16-13-14(3)9-10-15(16)4/h9-10,13H,1,8,11-12H2,2-6H3. The summed E-state index contributed by atoms with van der Waals surface area (Å²) in [6.07, 6.45) is 0.859. The van der Waals surface area contributed by atoms with Gasteiger partial charge in [-0.05, 0) is 44.4 Å². The summed E-state index contributed by atoms with van der Waals surface area (Å²) in [7, 11) is 0. The van der Waals surface area contributed by atoms with Crippen molar-refractivity contribution in [2.24, 2.45) is 5.41 Å². The van der Waals surface area contributed by atoms with Crippen molar-refractivity contribution >= 4 is 0 Å². The van der Waals surface area contributed by atoms with Crippen LogP contribution in [0.1, 0.15) is 38.3 Å². The summed E-state index contributed by atoms with van der Waals surface area (Å²) in [5, 5.41) is 0. The van der Waals surface area contributed by atoms with E-state index in [2.05, 4.69) is 58.2 Å². The van der Waals surface area contributed by atoms with Crippen LogP contribution in [0.5, 0.6) is 5.75 Å². The van der Waals surface area contributed by atoms with Gasteiger partial charge in [0, 0.05) is 5.41 Å². The highest BCUT2D eigenvalue weighted by Crippen LogP contribution is 2.31. The van der Waals surface area contributed by atoms with Gasteiger partial charge in [-0.15, -0.1) is 0 Å². The van der Waals surface area contributed by atoms with Gasteiger partial charge < -0.3 is 9.47 Å². The SMILES string of the molecule is C=C=C(OCC)C(C)(C)CCOc1cc(C)ccc1C. The van der Waals surface area contributed by atoms with Crippen molar-refractivity contribution in [3.63, 3.8) is 0 Å². The predicted molar refractivity (Wildman–Crippen MR) is 84.1 cm³/mol. The zero-order valence-electron chi connectivity index (χ0n) is 13.4. The molecule has 0 aromatic heterocycles. The first kappa shape index (κ1) is 16.4. The monoisotopic (exact) mass is 274 g/mol. The Kier molecular flexibility index (Phi) is 5.91. The van der Waals surface area contributed by atoms with Crippen molar-refractivity contribution in [2.75, 3.05) is 13.2 Å². The third kappa shape index (κ3) is 4.47. The zero-order chi connectivity index (χ0) is 15.2. The molecule has 0 atom stereocenters. The van der Waals surface area contributed by atoms with Crippen LogP contribution in [0.25, 0.3) is 0 Å². The van der Waals surface area contributed by atoms with E-state index in [1.54, 1.807) is 0 Å². The van der Waals surface area contributed by atoms with E-state index < -0.39 is 0 Å². The number of benzene rings is 1. The van der Waals surface area contributed by atoms with Crippen LogP contribution in [0.15, 0.2) is 36.3 Å². The largest absolute Gasteiger partial charge is 0.493 e. The minimum Gasteiger partial charge on any atom is -0.493 e. The van der Waals surface area contributed by atoms with Crippen molar-refractivity contribution < 1.29 is 9.47 Å². The molecule has 0 unspecified atom stereocenters. The van der Waals surface area contributed by atoms with Gasteiger partial charge in [0.25, 0.3) is 0 Å². The summed E-state index contributed by atoms with van der Waals surface area (Å²) in [4.78, 5) is 0. The second-order valence-electron chi connectivity index (χ2n) is 5.69. The highest BCUT2D eigenvalue weighted by molar-refractivity contribution is 5.35. The Balaban J connectivity index is 2.63. The molecular weight excluding hydrogens is 248 g/mol. The van der Waals surface area contributed by atoms with Crippen LogP contribution in [0, 0.1) is 19.3 Å². The second-order valence-corrected chi connectivity index (χ2v) is 5.69. The maximum Gasteiger partial charge on any atom is 0.143 e. The lowest BCUT2D eigenvalue weighted by atomic mass is 9.87. The molecule has 20 heavy (non-hydrogen) atoms. The summed E-state index contributed by atoms with van der Waals surface area (Å²) in [5.41, 5.74) is 5.16. The van der Waals surface area contributed by atoms with Gasteiger partial charge in [0.1, 0.15) is 11.5 Å². The first-order valence-corrected chi connectivity index (χ1v) is 7.14. The highest BCUT2D eigenvalue weighted by atomic mass is 16.5. The molecule has 2 nitrogen and oxygen atoms in total. The highest BCUT2D eigenvalue weighted by Gasteiger charge is 2.25. The van der Waals surface area contributed by atoms with Gasteiger partial charge in [-0.1, -0.05) is 38.3 Å². The number of hydrogen-bond acceptors (Lipinski definition) is 2. The summed E-state index contributed by atoms with van der Waals surface area (Å²) >= 11 is 0. The molecule has 110 valence electrons. The van der Waals surface area contributed by atoms with Gasteiger partial charge in [-0.25, -0.2) is 0 Å². The summed E-state index contributed by atoms with van der Waals surface area (Å²) in [5.74, 6) is 1.77. The quantitative estimate of drug-likeness (QED) is 0.525. The Bertz CT molecular complexity index is 494. The molecular formula is C18H26O2. The molecule has 0 aliphatic heterocycles. The number of allylic oxidation sites excluding steroid dienone is 1. The number of ether oxygens (including phenoxy) is 2. The van der Waals surface area contributed by atoms with E-state index in [0.717, 1.165) is 23.5 Å². The molecule has 0 bridgehead atoms. The summed E-state index contributed by atoms with van der Waals surface area (Å²) < 4.78 is 11.5. The van der Waals surface area contributed by atoms with E-state index in [1.165, 1.54) is 5.56 Å². The van der Waals surface area contributed by atoms with Gasteiger partial charge in [0.2, 0.25) is 0 Å². The van der Waals surface area contributed by atoms with Gasteiger partial charge in [0.05, 0.1) is 13.2 Å². The fraction of sp³-hybridized carbons (Fsp3) is 0.500. The normalized spacial score (nSPS) is 10.8. The van der Waals surface area contributed by atoms with Crippen LogP contribution in [0.4, 0.5) is 0 Å². The van der Waals surface area contributed by atoms with E-state index in [1.807, 2.05) is 6.92 Å². The van der Waals surface area contributed by atoms with Crippen molar-refractivity contribution in [3.05, 3.63) is 47.4 Å². The Morgan fingerprint density at radius 3 is 2.60 bits per heavy atom. The number of rotatable bonds is 7. The molecule has 0 heterocycles. The summed E-state index contributed by atoms with van der Waals surface area (Å²) in [6, 6.07) is 6.26. The molecule has 0 aliphatic rings. The third-order valence-electron chi connectivity index (χ3n) is 3.39. The first-order valence-electron chi connectivity index (χ1n) is 7.14. The fourth-order valence-corrected chi connectivity index (χ4v) is 2.02. The Labute approximate surface area is 123 Å².